The molecule has 8 nitrogen and oxygen atoms in total. The molecule has 0 fully saturated rings. The molecule has 0 aliphatic rings. The average molecular weight is 437 g/mol. The molecule has 28 heavy (non-hydrogen) atoms. The summed E-state index contributed by atoms with van der Waals surface area (Å²) in [6.07, 6.45) is 0. The van der Waals surface area contributed by atoms with Crippen molar-refractivity contribution >= 4 is 44.2 Å². The van der Waals surface area contributed by atoms with E-state index in [0.717, 1.165) is 9.18 Å². The van der Waals surface area contributed by atoms with Crippen LogP contribution in [0.1, 0.15) is 18.1 Å². The maximum absolute atomic E-state index is 12.3. The van der Waals surface area contributed by atoms with Crippen LogP contribution in [0.2, 0.25) is 0 Å². The summed E-state index contributed by atoms with van der Waals surface area (Å²) in [6.45, 7) is 1.91. The molecular weight excluding hydrogens is 420 g/mol. The number of hydrogen-bond donors (Lipinski definition) is 0. The molecule has 11 heteroatoms. The van der Waals surface area contributed by atoms with Crippen LogP contribution in [-0.4, -0.2) is 41.9 Å². The normalized spacial score (nSPS) is 13.4. The first-order valence-electron chi connectivity index (χ1n) is 8.22. The fourth-order valence-electron chi connectivity index (χ4n) is 2.42. The minimum Gasteiger partial charge on any atom is -0.431 e. The molecule has 4 aromatic rings. The van der Waals surface area contributed by atoms with Crippen LogP contribution in [0.5, 0.6) is 0 Å². The van der Waals surface area contributed by atoms with Crippen molar-refractivity contribution in [3.05, 3.63) is 41.6 Å². The molecule has 1 unspecified atom stereocenters. The lowest BCUT2D eigenvalue weighted by molar-refractivity contribution is 0.380. The van der Waals surface area contributed by atoms with Gasteiger partial charge in [0.15, 0.2) is 5.58 Å². The summed E-state index contributed by atoms with van der Waals surface area (Å²) in [5, 5.41) is 6.18. The van der Waals surface area contributed by atoms with Gasteiger partial charge in [0.25, 0.3) is 5.22 Å². The minimum atomic E-state index is -3.53. The second kappa shape index (κ2) is 7.32. The Morgan fingerprint density at radius 2 is 2.04 bits per heavy atom. The van der Waals surface area contributed by atoms with Crippen LogP contribution in [0.25, 0.3) is 21.8 Å². The highest BCUT2D eigenvalue weighted by Gasteiger charge is 2.22. The van der Waals surface area contributed by atoms with Crippen molar-refractivity contribution in [2.45, 2.75) is 22.3 Å². The van der Waals surface area contributed by atoms with Crippen molar-refractivity contribution in [3.8, 4) is 10.7 Å². The van der Waals surface area contributed by atoms with Gasteiger partial charge in [0.1, 0.15) is 5.52 Å². The first-order chi connectivity index (χ1) is 13.3. The summed E-state index contributed by atoms with van der Waals surface area (Å²) in [6, 6.07) is 8.47. The molecule has 0 amide bonds. The molecule has 1 atom stereocenters. The van der Waals surface area contributed by atoms with Gasteiger partial charge in [-0.15, -0.1) is 11.3 Å². The topological polar surface area (TPSA) is 102 Å². The second-order valence-electron chi connectivity index (χ2n) is 6.09. The molecule has 0 saturated carbocycles. The number of sulfonamides is 1. The number of aromatic nitrogens is 3. The van der Waals surface area contributed by atoms with E-state index in [2.05, 4.69) is 15.1 Å². The predicted octanol–water partition coefficient (Wildman–Crippen LogP) is 4.04. The molecular formula is C17H16N4O4S3. The van der Waals surface area contributed by atoms with Crippen LogP contribution in [0.4, 0.5) is 0 Å². The Kier molecular flexibility index (Phi) is 5.00. The van der Waals surface area contributed by atoms with Crippen molar-refractivity contribution in [2.24, 2.45) is 0 Å². The van der Waals surface area contributed by atoms with Crippen LogP contribution in [0.3, 0.4) is 0 Å². The van der Waals surface area contributed by atoms with E-state index < -0.39 is 10.0 Å². The lowest BCUT2D eigenvalue weighted by Crippen LogP contribution is -2.22. The van der Waals surface area contributed by atoms with Crippen LogP contribution in [-0.2, 0) is 10.0 Å². The molecule has 0 bridgehead atoms. The number of benzene rings is 1. The fourth-order valence-corrected chi connectivity index (χ4v) is 4.77. The Labute approximate surface area is 169 Å². The fraction of sp³-hybridized carbons (Fsp3) is 0.235. The van der Waals surface area contributed by atoms with Crippen LogP contribution in [0, 0.1) is 0 Å². The van der Waals surface area contributed by atoms with Gasteiger partial charge >= 0.3 is 0 Å². The summed E-state index contributed by atoms with van der Waals surface area (Å²) in [7, 11) is -0.559. The van der Waals surface area contributed by atoms with Gasteiger partial charge in [-0.05, 0) is 36.6 Å². The van der Waals surface area contributed by atoms with Crippen LogP contribution < -0.4 is 0 Å². The molecule has 4 rings (SSSR count). The molecule has 0 spiro atoms. The van der Waals surface area contributed by atoms with E-state index in [1.54, 1.807) is 6.07 Å². The molecule has 0 N–H and O–H groups in total. The van der Waals surface area contributed by atoms with Gasteiger partial charge in [0.2, 0.25) is 21.7 Å². The predicted molar refractivity (Wildman–Crippen MR) is 107 cm³/mol. The SMILES string of the molecule is CC(Sc1nc2cc(S(=O)(=O)N(C)C)ccc2o1)c1nc(-c2cccs2)no1. The number of rotatable bonds is 6. The van der Waals surface area contributed by atoms with E-state index in [1.165, 1.54) is 49.3 Å². The van der Waals surface area contributed by atoms with E-state index >= 15 is 0 Å². The Morgan fingerprint density at radius 1 is 1.21 bits per heavy atom. The molecule has 0 aliphatic carbocycles. The highest BCUT2D eigenvalue weighted by molar-refractivity contribution is 7.99. The zero-order valence-electron chi connectivity index (χ0n) is 15.2. The molecule has 0 aliphatic heterocycles. The summed E-state index contributed by atoms with van der Waals surface area (Å²) >= 11 is 2.86. The zero-order chi connectivity index (χ0) is 19.9. The Morgan fingerprint density at radius 3 is 2.75 bits per heavy atom. The van der Waals surface area contributed by atoms with E-state index in [4.69, 9.17) is 8.94 Å². The second-order valence-corrected chi connectivity index (χ2v) is 10.5. The van der Waals surface area contributed by atoms with Crippen molar-refractivity contribution in [1.82, 2.24) is 19.4 Å². The molecule has 1 aromatic carbocycles. The van der Waals surface area contributed by atoms with E-state index in [1.807, 2.05) is 24.4 Å². The lowest BCUT2D eigenvalue weighted by atomic mass is 10.3. The third-order valence-corrected chi connectivity index (χ3v) is 7.53. The standard InChI is InChI=1S/C17H16N4O4S3/c1-10(16-19-15(20-25-16)14-5-4-8-26-14)27-17-18-12-9-11(6-7-13(12)24-17)28(22,23)21(2)3/h4-10H,1-3H3. The van der Waals surface area contributed by atoms with Gasteiger partial charge in [-0.3, -0.25) is 0 Å². The summed E-state index contributed by atoms with van der Waals surface area (Å²) in [5.74, 6) is 1.01. The van der Waals surface area contributed by atoms with Gasteiger partial charge in [-0.25, -0.2) is 17.7 Å². The quantitative estimate of drug-likeness (QED) is 0.417. The van der Waals surface area contributed by atoms with Gasteiger partial charge in [0, 0.05) is 14.1 Å². The lowest BCUT2D eigenvalue weighted by Gasteiger charge is -2.10. The van der Waals surface area contributed by atoms with E-state index in [9.17, 15) is 8.42 Å². The van der Waals surface area contributed by atoms with E-state index in [0.29, 0.717) is 28.0 Å². The third kappa shape index (κ3) is 3.58. The van der Waals surface area contributed by atoms with Gasteiger partial charge in [-0.2, -0.15) is 4.98 Å². The molecule has 0 radical (unpaired) electrons. The Balaban J connectivity index is 1.56. The van der Waals surface area contributed by atoms with Crippen molar-refractivity contribution in [1.29, 1.82) is 0 Å². The molecule has 146 valence electrons. The smallest absolute Gasteiger partial charge is 0.257 e. The zero-order valence-corrected chi connectivity index (χ0v) is 17.6. The van der Waals surface area contributed by atoms with Crippen molar-refractivity contribution in [2.75, 3.05) is 14.1 Å². The van der Waals surface area contributed by atoms with Gasteiger partial charge < -0.3 is 8.94 Å². The Hall–Kier alpha value is -2.21. The maximum Gasteiger partial charge on any atom is 0.257 e. The largest absolute Gasteiger partial charge is 0.431 e. The van der Waals surface area contributed by atoms with Gasteiger partial charge in [0.05, 0.1) is 15.0 Å². The third-order valence-electron chi connectivity index (χ3n) is 3.93. The Bertz CT molecular complexity index is 1210. The first kappa shape index (κ1) is 19.1. The number of nitrogens with zero attached hydrogens (tertiary/aromatic N) is 4. The molecule has 0 saturated heterocycles. The number of hydrogen-bond acceptors (Lipinski definition) is 9. The average Bonchev–Trinajstić information content (AvgIpc) is 3.39. The number of oxazole rings is 1. The van der Waals surface area contributed by atoms with Gasteiger partial charge in [-0.1, -0.05) is 23.0 Å². The first-order valence-corrected chi connectivity index (χ1v) is 11.4. The summed E-state index contributed by atoms with van der Waals surface area (Å²) in [4.78, 5) is 9.92. The molecule has 3 heterocycles. The summed E-state index contributed by atoms with van der Waals surface area (Å²) < 4.78 is 36.8. The minimum absolute atomic E-state index is 0.167. The maximum atomic E-state index is 12.3. The highest BCUT2D eigenvalue weighted by atomic mass is 32.2. The number of thiophene rings is 1. The summed E-state index contributed by atoms with van der Waals surface area (Å²) in [5.41, 5.74) is 0.986. The number of fused-ring (bicyclic) bond motifs is 1. The highest BCUT2D eigenvalue weighted by Crippen LogP contribution is 2.36. The van der Waals surface area contributed by atoms with Crippen molar-refractivity contribution in [3.63, 3.8) is 0 Å². The number of thioether (sulfide) groups is 1. The van der Waals surface area contributed by atoms with E-state index in [-0.39, 0.29) is 10.1 Å². The van der Waals surface area contributed by atoms with Crippen LogP contribution in [0.15, 0.2) is 54.8 Å². The van der Waals surface area contributed by atoms with Crippen LogP contribution >= 0.6 is 23.1 Å². The van der Waals surface area contributed by atoms with Crippen molar-refractivity contribution < 1.29 is 17.4 Å². The monoisotopic (exact) mass is 436 g/mol. The molecule has 3 aromatic heterocycles.